The Morgan fingerprint density at radius 3 is 2.58 bits per heavy atom. The molecule has 0 spiro atoms. The van der Waals surface area contributed by atoms with Gasteiger partial charge in [-0.05, 0) is 41.8 Å². The summed E-state index contributed by atoms with van der Waals surface area (Å²) in [5.41, 5.74) is 0.284. The summed E-state index contributed by atoms with van der Waals surface area (Å²) in [5.74, 6) is -0.813. The van der Waals surface area contributed by atoms with E-state index in [0.717, 1.165) is 0 Å². The molecule has 24 heavy (non-hydrogen) atoms. The molecular formula is C19H15FN2O2. The van der Waals surface area contributed by atoms with Crippen molar-refractivity contribution >= 4 is 16.7 Å². The smallest absolute Gasteiger partial charge is 0.268 e. The van der Waals surface area contributed by atoms with Crippen LogP contribution < -0.4 is 10.9 Å². The number of fused-ring (bicyclic) bond motifs is 1. The zero-order valence-corrected chi connectivity index (χ0v) is 12.8. The standard InChI is InChI=1S/C19H15FN2O2/c1-2-11-21-18(23)17-12-13-5-3-4-6-16(13)19(24)22(17)15-9-7-14(20)8-10-15/h2-10,12H,1,11H2,(H,21,23). The van der Waals surface area contributed by atoms with Crippen LogP contribution in [-0.4, -0.2) is 17.0 Å². The molecule has 0 saturated carbocycles. The predicted octanol–water partition coefficient (Wildman–Crippen LogP) is 3.05. The van der Waals surface area contributed by atoms with Gasteiger partial charge in [0.05, 0.1) is 0 Å². The molecule has 0 aliphatic carbocycles. The summed E-state index contributed by atoms with van der Waals surface area (Å²) in [6, 6.07) is 14.1. The summed E-state index contributed by atoms with van der Waals surface area (Å²) < 4.78 is 14.5. The quantitative estimate of drug-likeness (QED) is 0.751. The molecule has 0 unspecified atom stereocenters. The van der Waals surface area contributed by atoms with Gasteiger partial charge in [0, 0.05) is 17.6 Å². The van der Waals surface area contributed by atoms with Gasteiger partial charge in [0.1, 0.15) is 11.5 Å². The molecule has 0 radical (unpaired) electrons. The summed E-state index contributed by atoms with van der Waals surface area (Å²) in [4.78, 5) is 25.3. The molecule has 1 N–H and O–H groups in total. The van der Waals surface area contributed by atoms with E-state index >= 15 is 0 Å². The van der Waals surface area contributed by atoms with Crippen molar-refractivity contribution in [3.8, 4) is 5.69 Å². The van der Waals surface area contributed by atoms with Crippen molar-refractivity contribution in [2.75, 3.05) is 6.54 Å². The second kappa shape index (κ2) is 6.50. The van der Waals surface area contributed by atoms with Crippen LogP contribution in [0.5, 0.6) is 0 Å². The van der Waals surface area contributed by atoms with Crippen LogP contribution in [0, 0.1) is 5.82 Å². The molecule has 0 saturated heterocycles. The van der Waals surface area contributed by atoms with Gasteiger partial charge in [0.2, 0.25) is 0 Å². The number of halogens is 1. The van der Waals surface area contributed by atoms with E-state index in [1.807, 2.05) is 0 Å². The third-order valence-electron chi connectivity index (χ3n) is 3.65. The number of hydrogen-bond acceptors (Lipinski definition) is 2. The van der Waals surface area contributed by atoms with Crippen LogP contribution in [0.4, 0.5) is 4.39 Å². The van der Waals surface area contributed by atoms with Crippen molar-refractivity contribution in [3.63, 3.8) is 0 Å². The number of nitrogens with zero attached hydrogens (tertiary/aromatic N) is 1. The van der Waals surface area contributed by atoms with E-state index in [1.54, 1.807) is 36.4 Å². The summed E-state index contributed by atoms with van der Waals surface area (Å²) in [7, 11) is 0. The van der Waals surface area contributed by atoms with Crippen molar-refractivity contribution in [1.29, 1.82) is 0 Å². The predicted molar refractivity (Wildman–Crippen MR) is 92.0 cm³/mol. The molecule has 4 nitrogen and oxygen atoms in total. The molecule has 1 amide bonds. The molecule has 0 atom stereocenters. The lowest BCUT2D eigenvalue weighted by Crippen LogP contribution is -2.31. The van der Waals surface area contributed by atoms with Crippen LogP contribution in [0.1, 0.15) is 10.5 Å². The Hall–Kier alpha value is -3.21. The van der Waals surface area contributed by atoms with E-state index in [0.29, 0.717) is 16.5 Å². The van der Waals surface area contributed by atoms with Crippen LogP contribution in [0.2, 0.25) is 0 Å². The summed E-state index contributed by atoms with van der Waals surface area (Å²) in [6.07, 6.45) is 1.55. The number of hydrogen-bond donors (Lipinski definition) is 1. The van der Waals surface area contributed by atoms with Gasteiger partial charge < -0.3 is 5.32 Å². The van der Waals surface area contributed by atoms with Crippen molar-refractivity contribution in [1.82, 2.24) is 9.88 Å². The first-order valence-electron chi connectivity index (χ1n) is 7.41. The van der Waals surface area contributed by atoms with Crippen LogP contribution in [0.3, 0.4) is 0 Å². The van der Waals surface area contributed by atoms with Crippen molar-refractivity contribution in [2.24, 2.45) is 0 Å². The first kappa shape index (κ1) is 15.7. The molecule has 3 aromatic rings. The minimum atomic E-state index is -0.412. The zero-order chi connectivity index (χ0) is 17.1. The largest absolute Gasteiger partial charge is 0.347 e. The van der Waals surface area contributed by atoms with Crippen molar-refractivity contribution < 1.29 is 9.18 Å². The van der Waals surface area contributed by atoms with Crippen LogP contribution in [-0.2, 0) is 0 Å². The molecule has 0 fully saturated rings. The first-order valence-corrected chi connectivity index (χ1v) is 7.41. The molecule has 0 aliphatic rings. The lowest BCUT2D eigenvalue weighted by molar-refractivity contribution is 0.0950. The molecule has 120 valence electrons. The Morgan fingerprint density at radius 2 is 1.88 bits per heavy atom. The second-order valence-electron chi connectivity index (χ2n) is 5.23. The van der Waals surface area contributed by atoms with Crippen LogP contribution >= 0.6 is 0 Å². The van der Waals surface area contributed by atoms with Crippen molar-refractivity contribution in [2.45, 2.75) is 0 Å². The average molecular weight is 322 g/mol. The molecule has 1 aromatic heterocycles. The minimum Gasteiger partial charge on any atom is -0.347 e. The highest BCUT2D eigenvalue weighted by molar-refractivity contribution is 5.97. The third kappa shape index (κ3) is 2.84. The Labute approximate surface area is 137 Å². The number of rotatable bonds is 4. The molecule has 5 heteroatoms. The molecule has 3 rings (SSSR count). The highest BCUT2D eigenvalue weighted by Crippen LogP contribution is 2.16. The number of nitrogens with one attached hydrogen (secondary N) is 1. The zero-order valence-electron chi connectivity index (χ0n) is 12.8. The number of benzene rings is 2. The van der Waals surface area contributed by atoms with E-state index in [2.05, 4.69) is 11.9 Å². The van der Waals surface area contributed by atoms with Gasteiger partial charge in [0.25, 0.3) is 11.5 Å². The Balaban J connectivity index is 2.29. The minimum absolute atomic E-state index is 0.187. The van der Waals surface area contributed by atoms with E-state index in [1.165, 1.54) is 28.8 Å². The molecular weight excluding hydrogens is 307 g/mol. The summed E-state index contributed by atoms with van der Waals surface area (Å²) in [6.45, 7) is 3.84. The number of pyridine rings is 1. The van der Waals surface area contributed by atoms with E-state index in [-0.39, 0.29) is 17.8 Å². The lowest BCUT2D eigenvalue weighted by Gasteiger charge is -2.14. The second-order valence-corrected chi connectivity index (χ2v) is 5.23. The fourth-order valence-electron chi connectivity index (χ4n) is 2.53. The molecule has 1 heterocycles. The molecule has 0 bridgehead atoms. The van der Waals surface area contributed by atoms with Crippen LogP contribution in [0.25, 0.3) is 16.5 Å². The normalized spacial score (nSPS) is 10.5. The molecule has 2 aromatic carbocycles. The fraction of sp³-hybridized carbons (Fsp3) is 0.0526. The number of aromatic nitrogens is 1. The highest BCUT2D eigenvalue weighted by Gasteiger charge is 2.16. The third-order valence-corrected chi connectivity index (χ3v) is 3.65. The maximum absolute atomic E-state index is 13.2. The first-order chi connectivity index (χ1) is 11.6. The fourth-order valence-corrected chi connectivity index (χ4v) is 2.53. The number of carbonyl (C=O) groups excluding carboxylic acids is 1. The maximum Gasteiger partial charge on any atom is 0.268 e. The summed E-state index contributed by atoms with van der Waals surface area (Å²) in [5, 5.41) is 3.83. The Bertz CT molecular complexity index is 975. The van der Waals surface area contributed by atoms with Gasteiger partial charge in [-0.3, -0.25) is 14.2 Å². The highest BCUT2D eigenvalue weighted by atomic mass is 19.1. The van der Waals surface area contributed by atoms with Gasteiger partial charge in [0.15, 0.2) is 0 Å². The average Bonchev–Trinajstić information content (AvgIpc) is 2.60. The monoisotopic (exact) mass is 322 g/mol. The Kier molecular flexibility index (Phi) is 4.24. The van der Waals surface area contributed by atoms with Gasteiger partial charge >= 0.3 is 0 Å². The maximum atomic E-state index is 13.2. The topological polar surface area (TPSA) is 51.1 Å². The van der Waals surface area contributed by atoms with Gasteiger partial charge in [-0.15, -0.1) is 6.58 Å². The van der Waals surface area contributed by atoms with Gasteiger partial charge in [-0.25, -0.2) is 4.39 Å². The van der Waals surface area contributed by atoms with Crippen LogP contribution in [0.15, 0.2) is 72.0 Å². The Morgan fingerprint density at radius 1 is 1.17 bits per heavy atom. The van der Waals surface area contributed by atoms with E-state index in [4.69, 9.17) is 0 Å². The van der Waals surface area contributed by atoms with Gasteiger partial charge in [-0.2, -0.15) is 0 Å². The van der Waals surface area contributed by atoms with Crippen molar-refractivity contribution in [3.05, 3.63) is 89.1 Å². The molecule has 0 aliphatic heterocycles. The van der Waals surface area contributed by atoms with Gasteiger partial charge in [-0.1, -0.05) is 24.3 Å². The lowest BCUT2D eigenvalue weighted by atomic mass is 10.1. The SMILES string of the molecule is C=CCNC(=O)c1cc2ccccc2c(=O)n1-c1ccc(F)cc1. The van der Waals surface area contributed by atoms with E-state index in [9.17, 15) is 14.0 Å². The van der Waals surface area contributed by atoms with E-state index < -0.39 is 11.7 Å². The summed E-state index contributed by atoms with van der Waals surface area (Å²) >= 11 is 0. The number of amides is 1. The number of carbonyl (C=O) groups is 1.